The molecule has 22 heavy (non-hydrogen) atoms. The van der Waals surface area contributed by atoms with Crippen LogP contribution in [0.1, 0.15) is 5.56 Å². The summed E-state index contributed by atoms with van der Waals surface area (Å²) in [5.41, 5.74) is 0.865. The lowest BCUT2D eigenvalue weighted by molar-refractivity contribution is -0.121. The van der Waals surface area contributed by atoms with E-state index < -0.39 is 10.0 Å². The van der Waals surface area contributed by atoms with Crippen LogP contribution in [0.5, 0.6) is 0 Å². The topological polar surface area (TPSA) is 88.6 Å². The van der Waals surface area contributed by atoms with Crippen LogP contribution in [0.25, 0.3) is 0 Å². The van der Waals surface area contributed by atoms with Crippen molar-refractivity contribution in [3.05, 3.63) is 30.1 Å². The fourth-order valence-electron chi connectivity index (χ4n) is 2.29. The summed E-state index contributed by atoms with van der Waals surface area (Å²) in [5, 5.41) is 2.87. The standard InChI is InChI=1S/C14H21N3O4S/c1-17(2)22(19,20)10-12-8-21-9-13(12)16-14(18)7-11-3-5-15-6-4-11/h3-6,12-13H,7-10H2,1-2H3,(H,16,18)/t12-,13+/m0/s1. The number of aromatic nitrogens is 1. The lowest BCUT2D eigenvalue weighted by Gasteiger charge is -2.21. The minimum absolute atomic E-state index is 0.0276. The molecule has 2 heterocycles. The van der Waals surface area contributed by atoms with Gasteiger partial charge in [0.05, 0.1) is 31.4 Å². The predicted molar refractivity (Wildman–Crippen MR) is 81.7 cm³/mol. The molecule has 2 atom stereocenters. The van der Waals surface area contributed by atoms with Gasteiger partial charge < -0.3 is 10.1 Å². The lowest BCUT2D eigenvalue weighted by Crippen LogP contribution is -2.44. The average molecular weight is 327 g/mol. The molecule has 0 radical (unpaired) electrons. The third kappa shape index (κ3) is 4.49. The van der Waals surface area contributed by atoms with E-state index in [9.17, 15) is 13.2 Å². The molecule has 1 N–H and O–H groups in total. The number of nitrogens with one attached hydrogen (secondary N) is 1. The largest absolute Gasteiger partial charge is 0.379 e. The van der Waals surface area contributed by atoms with E-state index in [1.165, 1.54) is 18.4 Å². The highest BCUT2D eigenvalue weighted by Gasteiger charge is 2.34. The lowest BCUT2D eigenvalue weighted by atomic mass is 10.1. The Balaban J connectivity index is 1.92. The Morgan fingerprint density at radius 3 is 2.68 bits per heavy atom. The SMILES string of the molecule is CN(C)S(=O)(=O)C[C@@H]1COC[C@H]1NC(=O)Cc1ccncc1. The van der Waals surface area contributed by atoms with Crippen molar-refractivity contribution < 1.29 is 17.9 Å². The molecule has 1 aliphatic rings. The van der Waals surface area contributed by atoms with Crippen molar-refractivity contribution >= 4 is 15.9 Å². The van der Waals surface area contributed by atoms with Crippen LogP contribution < -0.4 is 5.32 Å². The average Bonchev–Trinajstić information content (AvgIpc) is 2.86. The Bertz CT molecular complexity index is 604. The quantitative estimate of drug-likeness (QED) is 0.771. The van der Waals surface area contributed by atoms with E-state index in [-0.39, 0.29) is 30.0 Å². The number of carbonyl (C=O) groups excluding carboxylic acids is 1. The van der Waals surface area contributed by atoms with Crippen molar-refractivity contribution in [1.82, 2.24) is 14.6 Å². The summed E-state index contributed by atoms with van der Waals surface area (Å²) in [6.45, 7) is 0.684. The van der Waals surface area contributed by atoms with Crippen molar-refractivity contribution in [3.8, 4) is 0 Å². The molecule has 1 fully saturated rings. The minimum atomic E-state index is -3.32. The number of pyridine rings is 1. The van der Waals surface area contributed by atoms with E-state index >= 15 is 0 Å². The highest BCUT2D eigenvalue weighted by Crippen LogP contribution is 2.17. The van der Waals surface area contributed by atoms with E-state index in [0.717, 1.165) is 5.56 Å². The van der Waals surface area contributed by atoms with E-state index in [1.54, 1.807) is 24.5 Å². The second-order valence-corrected chi connectivity index (χ2v) is 7.79. The van der Waals surface area contributed by atoms with E-state index in [2.05, 4.69) is 10.3 Å². The van der Waals surface area contributed by atoms with Crippen LogP contribution >= 0.6 is 0 Å². The summed E-state index contributed by atoms with van der Waals surface area (Å²) >= 11 is 0. The Hall–Kier alpha value is -1.51. The maximum atomic E-state index is 12.1. The molecule has 0 saturated carbocycles. The van der Waals surface area contributed by atoms with Gasteiger partial charge in [0.15, 0.2) is 0 Å². The van der Waals surface area contributed by atoms with Crippen LogP contribution in [0.15, 0.2) is 24.5 Å². The first-order chi connectivity index (χ1) is 10.4. The Morgan fingerprint density at radius 1 is 1.36 bits per heavy atom. The zero-order valence-electron chi connectivity index (χ0n) is 12.7. The van der Waals surface area contributed by atoms with Crippen LogP contribution in [-0.4, -0.2) is 62.7 Å². The number of amides is 1. The van der Waals surface area contributed by atoms with Crippen molar-refractivity contribution in [1.29, 1.82) is 0 Å². The first kappa shape index (κ1) is 16.9. The molecule has 2 rings (SSSR count). The number of rotatable bonds is 6. The Kier molecular flexibility index (Phi) is 5.49. The second kappa shape index (κ2) is 7.17. The zero-order valence-corrected chi connectivity index (χ0v) is 13.5. The molecule has 7 nitrogen and oxygen atoms in total. The van der Waals surface area contributed by atoms with Gasteiger partial charge in [0, 0.05) is 32.4 Å². The van der Waals surface area contributed by atoms with Crippen LogP contribution in [0, 0.1) is 5.92 Å². The molecule has 0 aliphatic carbocycles. The van der Waals surface area contributed by atoms with Crippen LogP contribution in [-0.2, 0) is 26.0 Å². The number of carbonyl (C=O) groups is 1. The number of nitrogens with zero attached hydrogens (tertiary/aromatic N) is 2. The van der Waals surface area contributed by atoms with Gasteiger partial charge in [-0.1, -0.05) is 0 Å². The summed E-state index contributed by atoms with van der Waals surface area (Å²) in [5.74, 6) is -0.400. The highest BCUT2D eigenvalue weighted by atomic mass is 32.2. The molecular formula is C14H21N3O4S. The maximum Gasteiger partial charge on any atom is 0.224 e. The fraction of sp³-hybridized carbons (Fsp3) is 0.571. The van der Waals surface area contributed by atoms with Crippen molar-refractivity contribution in [2.24, 2.45) is 5.92 Å². The molecule has 0 unspecified atom stereocenters. The molecule has 1 saturated heterocycles. The number of sulfonamides is 1. The summed E-state index contributed by atoms with van der Waals surface area (Å²) < 4.78 is 30.5. The zero-order chi connectivity index (χ0) is 16.2. The molecule has 0 aromatic carbocycles. The number of ether oxygens (including phenoxy) is 1. The normalized spacial score (nSPS) is 22.0. The summed E-state index contributed by atoms with van der Waals surface area (Å²) in [6.07, 6.45) is 3.51. The molecule has 1 amide bonds. The molecule has 0 spiro atoms. The third-order valence-corrected chi connectivity index (χ3v) is 5.60. The minimum Gasteiger partial charge on any atom is -0.379 e. The summed E-state index contributed by atoms with van der Waals surface area (Å²) in [4.78, 5) is 16.0. The van der Waals surface area contributed by atoms with Gasteiger partial charge in [0.1, 0.15) is 0 Å². The molecule has 8 heteroatoms. The van der Waals surface area contributed by atoms with E-state index in [0.29, 0.717) is 13.2 Å². The fourth-order valence-corrected chi connectivity index (χ4v) is 3.45. The van der Waals surface area contributed by atoms with Gasteiger partial charge in [0.2, 0.25) is 15.9 Å². The van der Waals surface area contributed by atoms with Gasteiger partial charge in [-0.3, -0.25) is 9.78 Å². The molecule has 0 bridgehead atoms. The van der Waals surface area contributed by atoms with Crippen molar-refractivity contribution in [3.63, 3.8) is 0 Å². The van der Waals surface area contributed by atoms with Gasteiger partial charge in [-0.05, 0) is 17.7 Å². The first-order valence-corrected chi connectivity index (χ1v) is 8.65. The molecular weight excluding hydrogens is 306 g/mol. The first-order valence-electron chi connectivity index (χ1n) is 7.04. The molecule has 122 valence electrons. The van der Waals surface area contributed by atoms with Gasteiger partial charge in [-0.2, -0.15) is 0 Å². The monoisotopic (exact) mass is 327 g/mol. The van der Waals surface area contributed by atoms with Gasteiger partial charge in [-0.15, -0.1) is 0 Å². The van der Waals surface area contributed by atoms with Crippen LogP contribution in [0.4, 0.5) is 0 Å². The Labute approximate surface area is 130 Å². The summed E-state index contributed by atoms with van der Waals surface area (Å²) in [6, 6.07) is 3.28. The number of hydrogen-bond donors (Lipinski definition) is 1. The maximum absolute atomic E-state index is 12.1. The van der Waals surface area contributed by atoms with E-state index in [4.69, 9.17) is 4.74 Å². The van der Waals surface area contributed by atoms with Gasteiger partial charge in [-0.25, -0.2) is 12.7 Å². The van der Waals surface area contributed by atoms with E-state index in [1.807, 2.05) is 0 Å². The second-order valence-electron chi connectivity index (χ2n) is 5.56. The number of hydrogen-bond acceptors (Lipinski definition) is 5. The molecule has 1 aromatic rings. The van der Waals surface area contributed by atoms with Crippen LogP contribution in [0.3, 0.4) is 0 Å². The Morgan fingerprint density at radius 2 is 2.05 bits per heavy atom. The smallest absolute Gasteiger partial charge is 0.224 e. The van der Waals surface area contributed by atoms with Crippen molar-refractivity contribution in [2.75, 3.05) is 33.1 Å². The van der Waals surface area contributed by atoms with Gasteiger partial charge >= 0.3 is 0 Å². The van der Waals surface area contributed by atoms with Gasteiger partial charge in [0.25, 0.3) is 0 Å². The molecule has 1 aromatic heterocycles. The third-order valence-electron chi connectivity index (χ3n) is 3.64. The summed E-state index contributed by atoms with van der Waals surface area (Å²) in [7, 11) is -0.311. The van der Waals surface area contributed by atoms with Crippen molar-refractivity contribution in [2.45, 2.75) is 12.5 Å². The van der Waals surface area contributed by atoms with Crippen LogP contribution in [0.2, 0.25) is 0 Å². The predicted octanol–water partition coefficient (Wildman–Crippen LogP) is -0.353. The molecule has 1 aliphatic heterocycles. The highest BCUT2D eigenvalue weighted by molar-refractivity contribution is 7.89.